The molecule has 7 aromatic carbocycles. The Bertz CT molecular complexity index is 2480. The maximum Gasteiger partial charge on any atom is 0.164 e. The second-order valence-corrected chi connectivity index (χ2v) is 11.3. The number of rotatable bonds is 4. The predicted octanol–water partition coefficient (Wildman–Crippen LogP) is 10.3. The Morgan fingerprint density at radius 2 is 0.822 bits per heavy atom. The monoisotopic (exact) mass is 574 g/mol. The van der Waals surface area contributed by atoms with Crippen molar-refractivity contribution in [1.82, 2.24) is 19.5 Å². The molecule has 0 amide bonds. The van der Waals surface area contributed by atoms with Crippen LogP contribution in [0.25, 0.3) is 83.2 Å². The van der Waals surface area contributed by atoms with Crippen LogP contribution in [0, 0.1) is 0 Å². The highest BCUT2D eigenvalue weighted by Crippen LogP contribution is 2.33. The van der Waals surface area contributed by atoms with E-state index in [4.69, 9.17) is 15.0 Å². The average Bonchev–Trinajstić information content (AvgIpc) is 3.46. The van der Waals surface area contributed by atoms with Crippen molar-refractivity contribution >= 4 is 43.4 Å². The number of hydrogen-bond acceptors (Lipinski definition) is 3. The number of hydrogen-bond donors (Lipinski definition) is 0. The number of fused-ring (bicyclic) bond motifs is 6. The minimum absolute atomic E-state index is 0.645. The van der Waals surface area contributed by atoms with Crippen LogP contribution in [0.4, 0.5) is 0 Å². The molecule has 210 valence electrons. The van der Waals surface area contributed by atoms with E-state index in [9.17, 15) is 0 Å². The Hall–Kier alpha value is -6.13. The molecule has 4 heteroatoms. The van der Waals surface area contributed by atoms with Crippen LogP contribution in [0.2, 0.25) is 0 Å². The molecule has 4 nitrogen and oxygen atoms in total. The van der Waals surface area contributed by atoms with Crippen LogP contribution in [-0.4, -0.2) is 19.5 Å². The van der Waals surface area contributed by atoms with E-state index in [-0.39, 0.29) is 0 Å². The van der Waals surface area contributed by atoms with Gasteiger partial charge in [-0.15, -0.1) is 0 Å². The topological polar surface area (TPSA) is 43.6 Å². The van der Waals surface area contributed by atoms with Crippen molar-refractivity contribution in [3.8, 4) is 39.9 Å². The summed E-state index contributed by atoms with van der Waals surface area (Å²) in [7, 11) is 0. The van der Waals surface area contributed by atoms with Gasteiger partial charge in [-0.2, -0.15) is 0 Å². The first-order valence-electron chi connectivity index (χ1n) is 15.1. The first-order valence-corrected chi connectivity index (χ1v) is 15.1. The van der Waals surface area contributed by atoms with Gasteiger partial charge in [0.15, 0.2) is 17.5 Å². The first-order chi connectivity index (χ1) is 22.3. The summed E-state index contributed by atoms with van der Waals surface area (Å²) in [4.78, 5) is 15.0. The van der Waals surface area contributed by atoms with Gasteiger partial charge in [-0.25, -0.2) is 15.0 Å². The maximum atomic E-state index is 5.03. The second kappa shape index (κ2) is 10.2. The van der Waals surface area contributed by atoms with E-state index in [0.717, 1.165) is 27.8 Å². The maximum absolute atomic E-state index is 5.03. The Morgan fingerprint density at radius 3 is 1.51 bits per heavy atom. The summed E-state index contributed by atoms with van der Waals surface area (Å²) in [6.07, 6.45) is 0. The SMILES string of the molecule is c1ccc(-c2nc(-c3ccc(-n4c5ccccc5c5ccccc54)cc3)nc(-c3ccc4c(ccc5ccccc54)c3)n2)cc1. The molecular formula is C41H26N4. The van der Waals surface area contributed by atoms with Gasteiger partial charge in [-0.1, -0.05) is 115 Å². The highest BCUT2D eigenvalue weighted by atomic mass is 15.0. The van der Waals surface area contributed by atoms with Crippen molar-refractivity contribution in [2.24, 2.45) is 0 Å². The summed E-state index contributed by atoms with van der Waals surface area (Å²) in [5, 5.41) is 7.34. The molecule has 0 N–H and O–H groups in total. The lowest BCUT2D eigenvalue weighted by atomic mass is 10.00. The van der Waals surface area contributed by atoms with Gasteiger partial charge in [-0.3, -0.25) is 0 Å². The fraction of sp³-hybridized carbons (Fsp3) is 0. The predicted molar refractivity (Wildman–Crippen MR) is 185 cm³/mol. The van der Waals surface area contributed by atoms with Crippen molar-refractivity contribution in [2.45, 2.75) is 0 Å². The highest BCUT2D eigenvalue weighted by Gasteiger charge is 2.15. The molecule has 9 aromatic rings. The van der Waals surface area contributed by atoms with Crippen molar-refractivity contribution in [2.75, 3.05) is 0 Å². The molecule has 0 spiro atoms. The first kappa shape index (κ1) is 25.4. The fourth-order valence-electron chi connectivity index (χ4n) is 6.46. The van der Waals surface area contributed by atoms with E-state index in [1.165, 1.54) is 38.0 Å². The molecule has 0 aliphatic carbocycles. The zero-order valence-electron chi connectivity index (χ0n) is 24.3. The van der Waals surface area contributed by atoms with Crippen molar-refractivity contribution in [3.05, 3.63) is 158 Å². The standard InChI is InChI=1S/C41H26N4/c1-2-11-28(12-3-1)39-42-40(44-41(43-39)31-22-25-34-30(26-31)19-18-27-10-4-5-13-33(27)34)29-20-23-32(24-21-29)45-37-16-8-6-14-35(37)36-15-7-9-17-38(36)45/h1-26H. The lowest BCUT2D eigenvalue weighted by molar-refractivity contribution is 1.07. The van der Waals surface area contributed by atoms with Gasteiger partial charge < -0.3 is 4.57 Å². The van der Waals surface area contributed by atoms with Crippen molar-refractivity contribution < 1.29 is 0 Å². The number of benzene rings is 7. The molecule has 45 heavy (non-hydrogen) atoms. The summed E-state index contributed by atoms with van der Waals surface area (Å²) >= 11 is 0. The van der Waals surface area contributed by atoms with E-state index in [0.29, 0.717) is 17.5 Å². The lowest BCUT2D eigenvalue weighted by Gasteiger charge is -2.11. The molecule has 0 bridgehead atoms. The molecule has 0 aliphatic rings. The molecule has 0 saturated carbocycles. The zero-order chi connectivity index (χ0) is 29.7. The number of aromatic nitrogens is 4. The van der Waals surface area contributed by atoms with Crippen LogP contribution in [0.3, 0.4) is 0 Å². The summed E-state index contributed by atoms with van der Waals surface area (Å²) in [5.74, 6) is 1.95. The van der Waals surface area contributed by atoms with Gasteiger partial charge in [0, 0.05) is 33.2 Å². The molecule has 2 aromatic heterocycles. The molecular weight excluding hydrogens is 548 g/mol. The quantitative estimate of drug-likeness (QED) is 0.196. The van der Waals surface area contributed by atoms with Gasteiger partial charge in [0.05, 0.1) is 11.0 Å². The zero-order valence-corrected chi connectivity index (χ0v) is 24.3. The molecule has 0 fully saturated rings. The van der Waals surface area contributed by atoms with Crippen LogP contribution in [-0.2, 0) is 0 Å². The van der Waals surface area contributed by atoms with Crippen LogP contribution in [0.5, 0.6) is 0 Å². The van der Waals surface area contributed by atoms with Crippen LogP contribution >= 0.6 is 0 Å². The third kappa shape index (κ3) is 4.27. The largest absolute Gasteiger partial charge is 0.309 e. The number of para-hydroxylation sites is 2. The molecule has 0 aliphatic heterocycles. The van der Waals surface area contributed by atoms with E-state index >= 15 is 0 Å². The molecule has 0 radical (unpaired) electrons. The van der Waals surface area contributed by atoms with Crippen LogP contribution in [0.1, 0.15) is 0 Å². The van der Waals surface area contributed by atoms with E-state index in [2.05, 4.69) is 132 Å². The third-order valence-corrected chi connectivity index (χ3v) is 8.63. The molecule has 9 rings (SSSR count). The van der Waals surface area contributed by atoms with Crippen LogP contribution in [0.15, 0.2) is 158 Å². The van der Waals surface area contributed by atoms with Gasteiger partial charge in [-0.05, 0) is 64.0 Å². The van der Waals surface area contributed by atoms with Crippen molar-refractivity contribution in [3.63, 3.8) is 0 Å². The third-order valence-electron chi connectivity index (χ3n) is 8.63. The summed E-state index contributed by atoms with van der Waals surface area (Å²) < 4.78 is 2.32. The smallest absolute Gasteiger partial charge is 0.164 e. The van der Waals surface area contributed by atoms with Gasteiger partial charge in [0.2, 0.25) is 0 Å². The Balaban J connectivity index is 1.18. The summed E-state index contributed by atoms with van der Waals surface area (Å²) in [6.45, 7) is 0. The minimum Gasteiger partial charge on any atom is -0.309 e. The van der Waals surface area contributed by atoms with E-state index in [1.54, 1.807) is 0 Å². The van der Waals surface area contributed by atoms with Gasteiger partial charge >= 0.3 is 0 Å². The second-order valence-electron chi connectivity index (χ2n) is 11.3. The Morgan fingerprint density at radius 1 is 0.333 bits per heavy atom. The molecule has 0 saturated heterocycles. The number of nitrogens with zero attached hydrogens (tertiary/aromatic N) is 4. The van der Waals surface area contributed by atoms with E-state index in [1.807, 2.05) is 30.3 Å². The highest BCUT2D eigenvalue weighted by molar-refractivity contribution is 6.09. The van der Waals surface area contributed by atoms with Gasteiger partial charge in [0.1, 0.15) is 0 Å². The van der Waals surface area contributed by atoms with E-state index < -0.39 is 0 Å². The van der Waals surface area contributed by atoms with Crippen molar-refractivity contribution in [1.29, 1.82) is 0 Å². The Labute approximate surface area is 259 Å². The minimum atomic E-state index is 0.645. The molecule has 0 atom stereocenters. The molecule has 0 unspecified atom stereocenters. The summed E-state index contributed by atoms with van der Waals surface area (Å²) in [6, 6.07) is 55.1. The normalized spacial score (nSPS) is 11.6. The average molecular weight is 575 g/mol. The lowest BCUT2D eigenvalue weighted by Crippen LogP contribution is -2.00. The van der Waals surface area contributed by atoms with Gasteiger partial charge in [0.25, 0.3) is 0 Å². The van der Waals surface area contributed by atoms with Crippen LogP contribution < -0.4 is 0 Å². The molecule has 2 heterocycles. The fourth-order valence-corrected chi connectivity index (χ4v) is 6.46. The summed E-state index contributed by atoms with van der Waals surface area (Å²) in [5.41, 5.74) is 6.31. The Kier molecular flexibility index (Phi) is 5.78.